The Balaban J connectivity index is 1.67. The molecule has 3 aromatic heterocycles. The van der Waals surface area contributed by atoms with Gasteiger partial charge in [0.05, 0.1) is 28.6 Å². The zero-order valence-electron chi connectivity index (χ0n) is 18.7. The maximum Gasteiger partial charge on any atom is 0.270 e. The van der Waals surface area contributed by atoms with E-state index in [1.807, 2.05) is 19.9 Å². The maximum atomic E-state index is 14.6. The van der Waals surface area contributed by atoms with E-state index < -0.39 is 11.2 Å². The maximum absolute atomic E-state index is 14.6. The molecule has 0 bridgehead atoms. The van der Waals surface area contributed by atoms with E-state index in [0.717, 1.165) is 5.56 Å². The molecule has 34 heavy (non-hydrogen) atoms. The Morgan fingerprint density at radius 1 is 1.15 bits per heavy atom. The number of nitrogens with one attached hydrogen (secondary N) is 1. The predicted molar refractivity (Wildman–Crippen MR) is 128 cm³/mol. The predicted octanol–water partition coefficient (Wildman–Crippen LogP) is 3.26. The minimum Gasteiger partial charge on any atom is -0.414 e. The Hall–Kier alpha value is -4.36. The number of rotatable bonds is 7. The number of anilines is 2. The molecule has 9 nitrogen and oxygen atoms in total. The Labute approximate surface area is 195 Å². The number of aromatic nitrogens is 5. The molecule has 0 spiro atoms. The number of hydrogen-bond donors (Lipinski definition) is 3. The van der Waals surface area contributed by atoms with Crippen molar-refractivity contribution in [3.8, 4) is 46.6 Å². The van der Waals surface area contributed by atoms with Gasteiger partial charge in [-0.2, -0.15) is 0 Å². The lowest BCUT2D eigenvalue weighted by atomic mass is 9.89. The average molecular weight is 459 g/mol. The molecule has 0 saturated heterocycles. The molecule has 0 unspecified atom stereocenters. The highest BCUT2D eigenvalue weighted by atomic mass is 19.1. The Morgan fingerprint density at radius 3 is 2.68 bits per heavy atom. The molecular weight excluding hydrogens is 435 g/mol. The van der Waals surface area contributed by atoms with E-state index in [4.69, 9.17) is 22.3 Å². The summed E-state index contributed by atoms with van der Waals surface area (Å²) in [5.74, 6) is 2.31. The Morgan fingerprint density at radius 2 is 1.94 bits per heavy atom. The summed E-state index contributed by atoms with van der Waals surface area (Å²) in [7, 11) is 0. The van der Waals surface area contributed by atoms with Gasteiger partial charge >= 0.3 is 0 Å². The lowest BCUT2D eigenvalue weighted by Crippen LogP contribution is -2.15. The molecule has 0 saturated carbocycles. The van der Waals surface area contributed by atoms with Crippen LogP contribution in [0, 0.1) is 18.2 Å². The van der Waals surface area contributed by atoms with Crippen LogP contribution in [-0.4, -0.2) is 38.2 Å². The van der Waals surface area contributed by atoms with Gasteiger partial charge in [-0.25, -0.2) is 14.4 Å². The van der Waals surface area contributed by atoms with E-state index in [1.165, 1.54) is 12.3 Å². The molecular formula is C24H23FN8O. The van der Waals surface area contributed by atoms with Gasteiger partial charge in [-0.3, -0.25) is 4.98 Å². The number of nitrogens with two attached hydrogens (primary N) is 2. The molecule has 0 amide bonds. The Bertz CT molecular complexity index is 1380. The number of benzene rings is 1. The minimum atomic E-state index is -0.555. The van der Waals surface area contributed by atoms with Crippen LogP contribution >= 0.6 is 0 Å². The summed E-state index contributed by atoms with van der Waals surface area (Å²) in [6.07, 6.45) is 8.83. The molecule has 3 heterocycles. The SMILES string of the molecule is C#CC(C)(C)c1cc(-c2cnc(N)c(-c3nnc(-c4ccc(NCCN)cc4F)o3)n2)ccn1. The van der Waals surface area contributed by atoms with E-state index in [-0.39, 0.29) is 28.9 Å². The van der Waals surface area contributed by atoms with Crippen molar-refractivity contribution in [2.24, 2.45) is 5.73 Å². The fraction of sp³-hybridized carbons (Fsp3) is 0.208. The summed E-state index contributed by atoms with van der Waals surface area (Å²) in [5, 5.41) is 11.0. The molecule has 10 heteroatoms. The van der Waals surface area contributed by atoms with Gasteiger partial charge in [-0.15, -0.1) is 16.6 Å². The third-order valence-electron chi connectivity index (χ3n) is 5.16. The summed E-state index contributed by atoms with van der Waals surface area (Å²) in [6.45, 7) is 4.76. The second-order valence-corrected chi connectivity index (χ2v) is 8.01. The zero-order valence-corrected chi connectivity index (χ0v) is 18.7. The summed E-state index contributed by atoms with van der Waals surface area (Å²) in [6, 6.07) is 8.21. The second kappa shape index (κ2) is 9.25. The molecule has 0 radical (unpaired) electrons. The van der Waals surface area contributed by atoms with Crippen LogP contribution in [0.4, 0.5) is 15.9 Å². The summed E-state index contributed by atoms with van der Waals surface area (Å²) < 4.78 is 20.3. The van der Waals surface area contributed by atoms with Gasteiger partial charge in [-0.05, 0) is 44.2 Å². The van der Waals surface area contributed by atoms with Crippen molar-refractivity contribution in [1.82, 2.24) is 25.1 Å². The highest BCUT2D eigenvalue weighted by Crippen LogP contribution is 2.30. The molecule has 0 atom stereocenters. The first-order valence-electron chi connectivity index (χ1n) is 10.5. The summed E-state index contributed by atoms with van der Waals surface area (Å²) >= 11 is 0. The van der Waals surface area contributed by atoms with Crippen molar-refractivity contribution < 1.29 is 8.81 Å². The molecule has 5 N–H and O–H groups in total. The van der Waals surface area contributed by atoms with E-state index >= 15 is 0 Å². The molecule has 4 rings (SSSR count). The van der Waals surface area contributed by atoms with Crippen LogP contribution in [0.15, 0.2) is 47.1 Å². The largest absolute Gasteiger partial charge is 0.414 e. The number of halogens is 1. The second-order valence-electron chi connectivity index (χ2n) is 8.01. The third-order valence-corrected chi connectivity index (χ3v) is 5.16. The van der Waals surface area contributed by atoms with E-state index in [1.54, 1.807) is 24.4 Å². The fourth-order valence-corrected chi connectivity index (χ4v) is 3.14. The van der Waals surface area contributed by atoms with Crippen LogP contribution in [0.2, 0.25) is 0 Å². The van der Waals surface area contributed by atoms with Gasteiger partial charge in [0.2, 0.25) is 0 Å². The van der Waals surface area contributed by atoms with E-state index in [0.29, 0.717) is 30.2 Å². The number of nitrogens with zero attached hydrogens (tertiary/aromatic N) is 5. The minimum absolute atomic E-state index is 0.00792. The zero-order chi connectivity index (χ0) is 24.3. The molecule has 0 aliphatic carbocycles. The number of terminal acetylenes is 1. The van der Waals surface area contributed by atoms with Crippen LogP contribution in [0.25, 0.3) is 34.3 Å². The van der Waals surface area contributed by atoms with Crippen molar-refractivity contribution in [2.75, 3.05) is 24.1 Å². The lowest BCUT2D eigenvalue weighted by molar-refractivity contribution is 0.569. The summed E-state index contributed by atoms with van der Waals surface area (Å²) in [4.78, 5) is 13.1. The first-order valence-corrected chi connectivity index (χ1v) is 10.5. The van der Waals surface area contributed by atoms with Crippen LogP contribution < -0.4 is 16.8 Å². The number of hydrogen-bond acceptors (Lipinski definition) is 9. The van der Waals surface area contributed by atoms with E-state index in [9.17, 15) is 4.39 Å². The first-order chi connectivity index (χ1) is 16.3. The number of nitrogen functional groups attached to an aromatic ring is 1. The van der Waals surface area contributed by atoms with Gasteiger partial charge in [0.1, 0.15) is 5.82 Å². The van der Waals surface area contributed by atoms with Gasteiger partial charge in [-0.1, -0.05) is 5.92 Å². The summed E-state index contributed by atoms with van der Waals surface area (Å²) in [5.41, 5.74) is 13.8. The van der Waals surface area contributed by atoms with Gasteiger partial charge < -0.3 is 21.2 Å². The van der Waals surface area contributed by atoms with E-state index in [2.05, 4.69) is 36.4 Å². The van der Waals surface area contributed by atoms with Crippen LogP contribution in [0.1, 0.15) is 19.5 Å². The third kappa shape index (κ3) is 4.55. The highest BCUT2D eigenvalue weighted by Gasteiger charge is 2.21. The van der Waals surface area contributed by atoms with Crippen molar-refractivity contribution >= 4 is 11.5 Å². The van der Waals surface area contributed by atoms with Crippen LogP contribution in [-0.2, 0) is 5.41 Å². The van der Waals surface area contributed by atoms with Crippen molar-refractivity contribution in [2.45, 2.75) is 19.3 Å². The topological polar surface area (TPSA) is 142 Å². The fourth-order valence-electron chi connectivity index (χ4n) is 3.14. The van der Waals surface area contributed by atoms with Gasteiger partial charge in [0, 0.05) is 30.5 Å². The van der Waals surface area contributed by atoms with Crippen LogP contribution in [0.5, 0.6) is 0 Å². The molecule has 4 aromatic rings. The van der Waals surface area contributed by atoms with Gasteiger partial charge in [0.15, 0.2) is 11.5 Å². The lowest BCUT2D eigenvalue weighted by Gasteiger charge is -2.17. The quantitative estimate of drug-likeness (QED) is 0.356. The Kier molecular flexibility index (Phi) is 6.21. The van der Waals surface area contributed by atoms with Gasteiger partial charge in [0.25, 0.3) is 11.8 Å². The van der Waals surface area contributed by atoms with Crippen molar-refractivity contribution in [1.29, 1.82) is 0 Å². The molecule has 0 aliphatic heterocycles. The first kappa shape index (κ1) is 22.8. The molecule has 0 fully saturated rings. The average Bonchev–Trinajstić information content (AvgIpc) is 3.33. The molecule has 1 aromatic carbocycles. The van der Waals surface area contributed by atoms with Crippen molar-refractivity contribution in [3.63, 3.8) is 0 Å². The normalized spacial score (nSPS) is 11.3. The highest BCUT2D eigenvalue weighted by molar-refractivity contribution is 5.69. The molecule has 0 aliphatic rings. The molecule has 172 valence electrons. The monoisotopic (exact) mass is 458 g/mol. The smallest absolute Gasteiger partial charge is 0.270 e. The van der Waals surface area contributed by atoms with Crippen molar-refractivity contribution in [3.05, 3.63) is 54.2 Å². The number of pyridine rings is 1. The van der Waals surface area contributed by atoms with Crippen LogP contribution in [0.3, 0.4) is 0 Å². The standard InChI is InChI=1S/C24H23FN8O/c1-4-24(2,3)19-11-14(7-9-29-19)18-13-30-21(27)20(31-18)23-33-32-22(34-23)16-6-5-15(12-17(16)25)28-10-8-26/h1,5-7,9,11-13,28H,8,10,26H2,2-3H3,(H2,27,30).